The van der Waals surface area contributed by atoms with Gasteiger partial charge in [0.25, 0.3) is 0 Å². The summed E-state index contributed by atoms with van der Waals surface area (Å²) in [5, 5.41) is 11.1. The predicted molar refractivity (Wildman–Crippen MR) is 199 cm³/mol. The Morgan fingerprint density at radius 1 is 0.686 bits per heavy atom. The Morgan fingerprint density at radius 3 is 1.94 bits per heavy atom. The minimum absolute atomic E-state index is 0.0765. The second kappa shape index (κ2) is 17.1. The average molecular weight is 689 g/mol. The van der Waals surface area contributed by atoms with E-state index in [1.165, 1.54) is 6.08 Å². The number of hydrogen-bond donors (Lipinski definition) is 2. The van der Waals surface area contributed by atoms with Gasteiger partial charge in [0.2, 0.25) is 0 Å². The summed E-state index contributed by atoms with van der Waals surface area (Å²) in [7, 11) is 0. The average Bonchev–Trinajstić information content (AvgIpc) is 3.07. The molecule has 4 aromatic carbocycles. The molecule has 0 unspecified atom stereocenters. The highest BCUT2D eigenvalue weighted by Crippen LogP contribution is 2.27. The summed E-state index contributed by atoms with van der Waals surface area (Å²) in [5.74, 6) is -0.753. The van der Waals surface area contributed by atoms with Crippen molar-refractivity contribution >= 4 is 42.1 Å². The van der Waals surface area contributed by atoms with Crippen LogP contribution in [-0.4, -0.2) is 35.1 Å². The molecule has 4 aromatic rings. The van der Waals surface area contributed by atoms with E-state index >= 15 is 0 Å². The first-order valence-corrected chi connectivity index (χ1v) is 16.5. The quantitative estimate of drug-likeness (QED) is 0.0403. The maximum atomic E-state index is 13.5. The summed E-state index contributed by atoms with van der Waals surface area (Å²) >= 11 is 0. The molecular weight excluding hydrogens is 644 g/mol. The number of carbonyl (C=O) groups excluding carboxylic acids is 3. The normalized spacial score (nSPS) is 11.6. The van der Waals surface area contributed by atoms with E-state index in [1.54, 1.807) is 96.2 Å². The van der Waals surface area contributed by atoms with Gasteiger partial charge in [0.1, 0.15) is 36.0 Å². The number of amides is 1. The Labute approximate surface area is 299 Å². The molecule has 0 saturated carbocycles. The maximum absolute atomic E-state index is 13.5. The van der Waals surface area contributed by atoms with Crippen LogP contribution < -0.4 is 10.1 Å². The van der Waals surface area contributed by atoms with E-state index in [1.807, 2.05) is 60.7 Å². The Balaban J connectivity index is 1.74. The molecule has 0 aliphatic carbocycles. The van der Waals surface area contributed by atoms with Crippen LogP contribution in [0.4, 0.5) is 4.79 Å². The van der Waals surface area contributed by atoms with Crippen molar-refractivity contribution in [2.75, 3.05) is 0 Å². The zero-order valence-corrected chi connectivity index (χ0v) is 29.8. The number of carbonyl (C=O) groups is 3. The number of amidine groups is 1. The Morgan fingerprint density at radius 2 is 1.31 bits per heavy atom. The van der Waals surface area contributed by atoms with Gasteiger partial charge in [-0.3, -0.25) is 10.7 Å². The van der Waals surface area contributed by atoms with Gasteiger partial charge in [-0.2, -0.15) is 0 Å². The third kappa shape index (κ3) is 12.5. The number of ether oxygens (including phenoxy) is 4. The van der Waals surface area contributed by atoms with Gasteiger partial charge in [0, 0.05) is 17.2 Å². The van der Waals surface area contributed by atoms with E-state index in [9.17, 15) is 14.4 Å². The third-order valence-electron chi connectivity index (χ3n) is 6.97. The minimum atomic E-state index is -0.752. The fourth-order valence-corrected chi connectivity index (χ4v) is 4.74. The van der Waals surface area contributed by atoms with E-state index < -0.39 is 29.2 Å². The molecule has 9 nitrogen and oxygen atoms in total. The molecule has 0 spiro atoms. The van der Waals surface area contributed by atoms with Crippen LogP contribution in [0.1, 0.15) is 85.3 Å². The molecule has 0 saturated heterocycles. The van der Waals surface area contributed by atoms with Gasteiger partial charge in [-0.05, 0) is 94.1 Å². The highest BCUT2D eigenvalue weighted by atomic mass is 16.6. The zero-order chi connectivity index (χ0) is 37.0. The Hall–Kier alpha value is -5.96. The maximum Gasteiger partial charge on any atom is 0.413 e. The standard InChI is InChI=1S/C42H44N2O7/c1-41(2,3)50-37(45)25-22-31-18-13-19-35(39(46)49-28-30-16-11-8-12-17-30)34(31)23-20-32-26-33(38(43)44-40(47)51-42(4,5)6)21-24-36(32)48-27-29-14-9-7-10-15-29/h7-26H,27-28H2,1-6H3,(H2,43,44,47)/b23-20?,25-22+. The topological polar surface area (TPSA) is 124 Å². The lowest BCUT2D eigenvalue weighted by molar-refractivity contribution is -0.148. The van der Waals surface area contributed by atoms with Crippen molar-refractivity contribution in [1.29, 1.82) is 5.41 Å². The highest BCUT2D eigenvalue weighted by Gasteiger charge is 2.19. The minimum Gasteiger partial charge on any atom is -0.488 e. The summed E-state index contributed by atoms with van der Waals surface area (Å²) in [6.07, 6.45) is 5.63. The van der Waals surface area contributed by atoms with Gasteiger partial charge in [-0.1, -0.05) is 84.9 Å². The third-order valence-corrected chi connectivity index (χ3v) is 6.97. The molecule has 0 heterocycles. The van der Waals surface area contributed by atoms with E-state index in [2.05, 4.69) is 5.32 Å². The largest absolute Gasteiger partial charge is 0.488 e. The van der Waals surface area contributed by atoms with Crippen LogP contribution in [0.5, 0.6) is 5.75 Å². The molecular formula is C42H44N2O7. The monoisotopic (exact) mass is 688 g/mol. The Kier molecular flexibility index (Phi) is 12.7. The van der Waals surface area contributed by atoms with Crippen LogP contribution in [0.15, 0.2) is 103 Å². The van der Waals surface area contributed by atoms with Crippen molar-refractivity contribution in [2.24, 2.45) is 0 Å². The van der Waals surface area contributed by atoms with Crippen molar-refractivity contribution in [3.05, 3.63) is 142 Å². The first-order chi connectivity index (χ1) is 24.2. The number of benzene rings is 4. The lowest BCUT2D eigenvalue weighted by Gasteiger charge is -2.20. The molecule has 0 aliphatic rings. The predicted octanol–water partition coefficient (Wildman–Crippen LogP) is 9.00. The highest BCUT2D eigenvalue weighted by molar-refractivity contribution is 6.05. The summed E-state index contributed by atoms with van der Waals surface area (Å²) in [6, 6.07) is 29.3. The van der Waals surface area contributed by atoms with Crippen molar-refractivity contribution in [1.82, 2.24) is 5.32 Å². The second-order valence-corrected chi connectivity index (χ2v) is 13.6. The molecule has 0 bridgehead atoms. The number of hydrogen-bond acceptors (Lipinski definition) is 8. The van der Waals surface area contributed by atoms with Crippen molar-refractivity contribution < 1.29 is 33.3 Å². The number of alkyl carbamates (subject to hydrolysis) is 1. The first kappa shape index (κ1) is 37.9. The summed E-state index contributed by atoms with van der Waals surface area (Å²) in [6.45, 7) is 10.9. The smallest absolute Gasteiger partial charge is 0.413 e. The van der Waals surface area contributed by atoms with Crippen LogP contribution in [-0.2, 0) is 32.2 Å². The van der Waals surface area contributed by atoms with Crippen LogP contribution in [0.3, 0.4) is 0 Å². The first-order valence-electron chi connectivity index (χ1n) is 16.5. The van der Waals surface area contributed by atoms with Gasteiger partial charge >= 0.3 is 18.0 Å². The van der Waals surface area contributed by atoms with Crippen molar-refractivity contribution in [3.63, 3.8) is 0 Å². The van der Waals surface area contributed by atoms with Crippen molar-refractivity contribution in [2.45, 2.75) is 66.0 Å². The summed E-state index contributed by atoms with van der Waals surface area (Å²) in [4.78, 5) is 38.6. The van der Waals surface area contributed by atoms with Gasteiger partial charge < -0.3 is 18.9 Å². The molecule has 2 N–H and O–H groups in total. The number of rotatable bonds is 11. The lowest BCUT2D eigenvalue weighted by atomic mass is 9.98. The van der Waals surface area contributed by atoms with Crippen LogP contribution in [0, 0.1) is 5.41 Å². The summed E-state index contributed by atoms with van der Waals surface area (Å²) < 4.78 is 22.7. The molecule has 1 amide bonds. The van der Waals surface area contributed by atoms with Crippen molar-refractivity contribution in [3.8, 4) is 5.75 Å². The van der Waals surface area contributed by atoms with Crippen LogP contribution in [0.25, 0.3) is 18.2 Å². The zero-order valence-electron chi connectivity index (χ0n) is 29.8. The van der Waals surface area contributed by atoms with Gasteiger partial charge in [-0.15, -0.1) is 0 Å². The van der Waals surface area contributed by atoms with Gasteiger partial charge in [0.05, 0.1) is 5.56 Å². The molecule has 4 rings (SSSR count). The molecule has 0 atom stereocenters. The molecule has 0 aliphatic heterocycles. The molecule has 0 aromatic heterocycles. The van der Waals surface area contributed by atoms with Gasteiger partial charge in [0.15, 0.2) is 0 Å². The van der Waals surface area contributed by atoms with E-state index in [-0.39, 0.29) is 24.6 Å². The molecule has 0 fully saturated rings. The number of esters is 2. The lowest BCUT2D eigenvalue weighted by Crippen LogP contribution is -2.36. The molecule has 264 valence electrons. The molecule has 9 heteroatoms. The SMILES string of the molecule is CC(C)(C)OC(=O)/C=C/c1cccc(C(=O)OCc2ccccc2)c1C=Cc1cc(C(=N)NC(=O)OC(C)(C)C)ccc1OCc1ccccc1. The van der Waals surface area contributed by atoms with E-state index in [0.717, 1.165) is 11.1 Å². The van der Waals surface area contributed by atoms with Crippen LogP contribution >= 0.6 is 0 Å². The second-order valence-electron chi connectivity index (χ2n) is 13.6. The molecule has 51 heavy (non-hydrogen) atoms. The van der Waals surface area contributed by atoms with Gasteiger partial charge in [-0.25, -0.2) is 14.4 Å². The fraction of sp³-hybridized carbons (Fsp3) is 0.238. The Bertz CT molecular complexity index is 1900. The van der Waals surface area contributed by atoms with E-state index in [4.69, 9.17) is 24.4 Å². The van der Waals surface area contributed by atoms with E-state index in [0.29, 0.717) is 28.0 Å². The molecule has 0 radical (unpaired) electrons. The van der Waals surface area contributed by atoms with Crippen LogP contribution in [0.2, 0.25) is 0 Å². The fourth-order valence-electron chi connectivity index (χ4n) is 4.74. The summed E-state index contributed by atoms with van der Waals surface area (Å²) in [5.41, 5.74) is 2.65. The number of nitrogens with one attached hydrogen (secondary N) is 2.